The summed E-state index contributed by atoms with van der Waals surface area (Å²) in [5.41, 5.74) is 3.81. The van der Waals surface area contributed by atoms with Gasteiger partial charge in [0, 0.05) is 31.3 Å². The molecule has 5 nitrogen and oxygen atoms in total. The third-order valence-corrected chi connectivity index (χ3v) is 3.52. The van der Waals surface area contributed by atoms with E-state index in [2.05, 4.69) is 22.8 Å². The van der Waals surface area contributed by atoms with E-state index in [0.717, 1.165) is 18.7 Å². The summed E-state index contributed by atoms with van der Waals surface area (Å²) in [6.45, 7) is 2.16. The van der Waals surface area contributed by atoms with Gasteiger partial charge in [0.2, 0.25) is 0 Å². The van der Waals surface area contributed by atoms with Crippen LogP contribution in [0.3, 0.4) is 0 Å². The van der Waals surface area contributed by atoms with E-state index in [0.29, 0.717) is 6.54 Å². The van der Waals surface area contributed by atoms with Crippen LogP contribution in [0, 0.1) is 0 Å². The SMILES string of the molecule is O=C(NCc1ccc2c(c1)CNC2)c1cc(O)cc(O)c1. The third kappa shape index (κ3) is 2.98. The van der Waals surface area contributed by atoms with Crippen molar-refractivity contribution in [2.75, 3.05) is 0 Å². The Morgan fingerprint density at radius 1 is 1.05 bits per heavy atom. The summed E-state index contributed by atoms with van der Waals surface area (Å²) in [7, 11) is 0. The van der Waals surface area contributed by atoms with Crippen molar-refractivity contribution in [3.63, 3.8) is 0 Å². The lowest BCUT2D eigenvalue weighted by atomic mass is 10.1. The summed E-state index contributed by atoms with van der Waals surface area (Å²) in [4.78, 5) is 12.0. The molecule has 0 aliphatic carbocycles. The molecule has 2 aromatic carbocycles. The highest BCUT2D eigenvalue weighted by Gasteiger charge is 2.11. The molecule has 0 atom stereocenters. The second kappa shape index (κ2) is 5.46. The van der Waals surface area contributed by atoms with Crippen LogP contribution in [0.1, 0.15) is 27.0 Å². The van der Waals surface area contributed by atoms with Gasteiger partial charge in [-0.15, -0.1) is 0 Å². The fourth-order valence-corrected chi connectivity index (χ4v) is 2.47. The predicted molar refractivity (Wildman–Crippen MR) is 77.9 cm³/mol. The average molecular weight is 284 g/mol. The van der Waals surface area contributed by atoms with Gasteiger partial charge in [-0.25, -0.2) is 0 Å². The molecule has 1 aliphatic rings. The highest BCUT2D eigenvalue weighted by Crippen LogP contribution is 2.20. The maximum absolute atomic E-state index is 12.0. The maximum atomic E-state index is 12.0. The van der Waals surface area contributed by atoms with Gasteiger partial charge in [-0.2, -0.15) is 0 Å². The van der Waals surface area contributed by atoms with Crippen LogP contribution in [-0.4, -0.2) is 16.1 Å². The molecule has 21 heavy (non-hydrogen) atoms. The van der Waals surface area contributed by atoms with Gasteiger partial charge in [0.1, 0.15) is 11.5 Å². The number of benzene rings is 2. The minimum Gasteiger partial charge on any atom is -0.508 e. The first kappa shape index (κ1) is 13.5. The Hall–Kier alpha value is -2.53. The molecule has 1 heterocycles. The zero-order chi connectivity index (χ0) is 14.8. The Balaban J connectivity index is 1.68. The average Bonchev–Trinajstić information content (AvgIpc) is 2.91. The largest absolute Gasteiger partial charge is 0.508 e. The minimum absolute atomic E-state index is 0.135. The van der Waals surface area contributed by atoms with E-state index in [-0.39, 0.29) is 23.0 Å². The minimum atomic E-state index is -0.333. The van der Waals surface area contributed by atoms with E-state index in [4.69, 9.17) is 0 Å². The molecule has 0 spiro atoms. The Bertz CT molecular complexity index is 678. The standard InChI is InChI=1S/C16H16N2O3/c19-14-4-12(5-15(20)6-14)16(21)18-7-10-1-2-11-8-17-9-13(11)3-10/h1-6,17,19-20H,7-9H2,(H,18,21). The first-order valence-electron chi connectivity index (χ1n) is 6.74. The van der Waals surface area contributed by atoms with Crippen molar-refractivity contribution in [2.24, 2.45) is 0 Å². The van der Waals surface area contributed by atoms with Gasteiger partial charge < -0.3 is 20.8 Å². The lowest BCUT2D eigenvalue weighted by molar-refractivity contribution is 0.0950. The molecule has 0 bridgehead atoms. The van der Waals surface area contributed by atoms with Crippen LogP contribution in [0.5, 0.6) is 11.5 Å². The number of phenols is 2. The van der Waals surface area contributed by atoms with Gasteiger partial charge in [-0.1, -0.05) is 18.2 Å². The molecule has 0 radical (unpaired) electrons. The Morgan fingerprint density at radius 3 is 2.52 bits per heavy atom. The van der Waals surface area contributed by atoms with Crippen molar-refractivity contribution < 1.29 is 15.0 Å². The number of amides is 1. The van der Waals surface area contributed by atoms with Crippen molar-refractivity contribution in [1.29, 1.82) is 0 Å². The van der Waals surface area contributed by atoms with E-state index in [1.165, 1.54) is 29.3 Å². The summed E-state index contributed by atoms with van der Waals surface area (Å²) in [6.07, 6.45) is 0. The summed E-state index contributed by atoms with van der Waals surface area (Å²) >= 11 is 0. The quantitative estimate of drug-likeness (QED) is 0.690. The molecule has 108 valence electrons. The van der Waals surface area contributed by atoms with Crippen molar-refractivity contribution in [3.05, 3.63) is 58.7 Å². The summed E-state index contributed by atoms with van der Waals surface area (Å²) in [6, 6.07) is 9.96. The Labute approximate surface area is 122 Å². The number of fused-ring (bicyclic) bond motifs is 1. The van der Waals surface area contributed by atoms with Crippen molar-refractivity contribution in [1.82, 2.24) is 10.6 Å². The summed E-state index contributed by atoms with van der Waals surface area (Å²) in [5.74, 6) is -0.604. The molecule has 2 aromatic rings. The first-order chi connectivity index (χ1) is 10.1. The van der Waals surface area contributed by atoms with Gasteiger partial charge in [-0.05, 0) is 28.8 Å². The lowest BCUT2D eigenvalue weighted by Gasteiger charge is -2.08. The third-order valence-electron chi connectivity index (χ3n) is 3.52. The van der Waals surface area contributed by atoms with E-state index in [9.17, 15) is 15.0 Å². The molecule has 0 unspecified atom stereocenters. The molecule has 0 saturated carbocycles. The molecule has 0 aromatic heterocycles. The number of carbonyl (C=O) groups is 1. The molecule has 4 N–H and O–H groups in total. The van der Waals surface area contributed by atoms with Gasteiger partial charge >= 0.3 is 0 Å². The number of aromatic hydroxyl groups is 2. The van der Waals surface area contributed by atoms with Gasteiger partial charge in [-0.3, -0.25) is 4.79 Å². The summed E-state index contributed by atoms with van der Waals surface area (Å²) in [5, 5.41) is 24.8. The monoisotopic (exact) mass is 284 g/mol. The van der Waals surface area contributed by atoms with Crippen LogP contribution in [0.25, 0.3) is 0 Å². The van der Waals surface area contributed by atoms with Crippen LogP contribution in [0.4, 0.5) is 0 Å². The Kier molecular flexibility index (Phi) is 3.50. The predicted octanol–water partition coefficient (Wildman–Crippen LogP) is 1.63. The second-order valence-corrected chi connectivity index (χ2v) is 5.13. The maximum Gasteiger partial charge on any atom is 0.251 e. The number of hydrogen-bond donors (Lipinski definition) is 4. The number of hydrogen-bond acceptors (Lipinski definition) is 4. The first-order valence-corrected chi connectivity index (χ1v) is 6.74. The topological polar surface area (TPSA) is 81.6 Å². The van der Waals surface area contributed by atoms with Crippen LogP contribution in [-0.2, 0) is 19.6 Å². The second-order valence-electron chi connectivity index (χ2n) is 5.13. The molecular weight excluding hydrogens is 268 g/mol. The zero-order valence-electron chi connectivity index (χ0n) is 11.4. The van der Waals surface area contributed by atoms with Crippen molar-refractivity contribution in [2.45, 2.75) is 19.6 Å². The van der Waals surface area contributed by atoms with Crippen LogP contribution in [0.2, 0.25) is 0 Å². The van der Waals surface area contributed by atoms with E-state index in [1.807, 2.05) is 6.07 Å². The summed E-state index contributed by atoms with van der Waals surface area (Å²) < 4.78 is 0. The van der Waals surface area contributed by atoms with Crippen molar-refractivity contribution >= 4 is 5.91 Å². The fraction of sp³-hybridized carbons (Fsp3) is 0.188. The van der Waals surface area contributed by atoms with E-state index >= 15 is 0 Å². The molecule has 1 aliphatic heterocycles. The number of carbonyl (C=O) groups excluding carboxylic acids is 1. The normalized spacial score (nSPS) is 13.0. The number of phenolic OH excluding ortho intramolecular Hbond substituents is 2. The smallest absolute Gasteiger partial charge is 0.251 e. The van der Waals surface area contributed by atoms with E-state index < -0.39 is 0 Å². The van der Waals surface area contributed by atoms with E-state index in [1.54, 1.807) is 0 Å². The molecule has 0 saturated heterocycles. The zero-order valence-corrected chi connectivity index (χ0v) is 11.4. The molecule has 5 heteroatoms. The molecule has 1 amide bonds. The number of rotatable bonds is 3. The highest BCUT2D eigenvalue weighted by atomic mass is 16.3. The van der Waals surface area contributed by atoms with Gasteiger partial charge in [0.05, 0.1) is 0 Å². The van der Waals surface area contributed by atoms with Gasteiger partial charge in [0.25, 0.3) is 5.91 Å². The van der Waals surface area contributed by atoms with Gasteiger partial charge in [0.15, 0.2) is 0 Å². The number of nitrogens with one attached hydrogen (secondary N) is 2. The molecule has 0 fully saturated rings. The van der Waals surface area contributed by atoms with Crippen molar-refractivity contribution in [3.8, 4) is 11.5 Å². The molecular formula is C16H16N2O3. The highest BCUT2D eigenvalue weighted by molar-refractivity contribution is 5.95. The Morgan fingerprint density at radius 2 is 1.76 bits per heavy atom. The van der Waals surface area contributed by atoms with Crippen LogP contribution < -0.4 is 10.6 Å². The molecule has 3 rings (SSSR count). The fourth-order valence-electron chi connectivity index (χ4n) is 2.47. The van der Waals surface area contributed by atoms with Crippen LogP contribution in [0.15, 0.2) is 36.4 Å². The lowest BCUT2D eigenvalue weighted by Crippen LogP contribution is -2.22. The van der Waals surface area contributed by atoms with Crippen LogP contribution >= 0.6 is 0 Å².